The molecule has 2 nitrogen and oxygen atoms in total. The van der Waals surface area contributed by atoms with Crippen molar-refractivity contribution in [2.45, 2.75) is 10.6 Å². The highest BCUT2D eigenvalue weighted by molar-refractivity contribution is 7.90. The summed E-state index contributed by atoms with van der Waals surface area (Å²) in [6, 6.07) is 16.7. The lowest BCUT2D eigenvalue weighted by Gasteiger charge is -2.03. The van der Waals surface area contributed by atoms with Gasteiger partial charge < -0.3 is 0 Å². The van der Waals surface area contributed by atoms with Crippen molar-refractivity contribution in [3.8, 4) is 0 Å². The summed E-state index contributed by atoms with van der Waals surface area (Å²) in [5.41, 5.74) is -0.789. The molecular formula is C13H12O2S. The molecule has 2 aromatic carbocycles. The molecule has 82 valence electrons. The zero-order valence-corrected chi connectivity index (χ0v) is 9.39. The van der Waals surface area contributed by atoms with Crippen LogP contribution in [0, 0.1) is 0 Å². The first-order chi connectivity index (χ1) is 8.12. The number of hydrogen-bond acceptors (Lipinski definition) is 2. The molecule has 2 rings (SSSR count). The topological polar surface area (TPSA) is 34.1 Å². The van der Waals surface area contributed by atoms with Crippen LogP contribution in [0.15, 0.2) is 65.6 Å². The lowest BCUT2D eigenvalue weighted by molar-refractivity contribution is 0.595. The second-order valence-electron chi connectivity index (χ2n) is 3.39. The van der Waals surface area contributed by atoms with Crippen LogP contribution in [0.25, 0.3) is 0 Å². The first kappa shape index (κ1) is 9.60. The van der Waals surface area contributed by atoms with Gasteiger partial charge in [0.25, 0.3) is 0 Å². The highest BCUT2D eigenvalue weighted by Crippen LogP contribution is 2.15. The van der Waals surface area contributed by atoms with E-state index in [0.717, 1.165) is 0 Å². The van der Waals surface area contributed by atoms with Crippen LogP contribution < -0.4 is 0 Å². The molecule has 0 saturated heterocycles. The van der Waals surface area contributed by atoms with Gasteiger partial charge in [0.15, 0.2) is 9.84 Å². The van der Waals surface area contributed by atoms with Crippen LogP contribution >= 0.6 is 0 Å². The Morgan fingerprint density at radius 2 is 1.38 bits per heavy atom. The van der Waals surface area contributed by atoms with E-state index in [1.807, 2.05) is 0 Å². The van der Waals surface area contributed by atoms with Gasteiger partial charge in [-0.25, -0.2) is 8.42 Å². The van der Waals surface area contributed by atoms with Gasteiger partial charge in [-0.1, -0.05) is 48.5 Å². The smallest absolute Gasteiger partial charge is 0.182 e. The molecule has 0 aliphatic heterocycles. The van der Waals surface area contributed by atoms with Gasteiger partial charge in [0, 0.05) is 1.37 Å². The summed E-state index contributed by atoms with van der Waals surface area (Å²) in [6.45, 7) is 0. The monoisotopic (exact) mass is 233 g/mol. The summed E-state index contributed by atoms with van der Waals surface area (Å²) in [4.78, 5) is 0.184. The fourth-order valence-corrected chi connectivity index (χ4v) is 2.58. The second kappa shape index (κ2) is 4.49. The van der Waals surface area contributed by atoms with Crippen LogP contribution in [0.1, 0.15) is 6.93 Å². The van der Waals surface area contributed by atoms with E-state index < -0.39 is 15.6 Å². The summed E-state index contributed by atoms with van der Waals surface area (Å²) in [5, 5.41) is 0. The number of benzene rings is 2. The summed E-state index contributed by atoms with van der Waals surface area (Å²) in [5.74, 6) is 0. The van der Waals surface area contributed by atoms with E-state index in [-0.39, 0.29) is 4.90 Å². The molecule has 0 aliphatic rings. The Morgan fingerprint density at radius 3 is 1.94 bits per heavy atom. The summed E-state index contributed by atoms with van der Waals surface area (Å²) in [7, 11) is -3.63. The largest absolute Gasteiger partial charge is 0.223 e. The Labute approximate surface area is 96.9 Å². The van der Waals surface area contributed by atoms with Gasteiger partial charge in [0.1, 0.15) is 0 Å². The van der Waals surface area contributed by atoms with Gasteiger partial charge in [0.2, 0.25) is 0 Å². The summed E-state index contributed by atoms with van der Waals surface area (Å²) in [6.07, 6.45) is 0. The standard InChI is InChI=1S/C13H12O2S/c14-16(15,13-9-5-2-6-10-13)11-12-7-3-1-4-8-12/h1-10H,11H2/i11D. The molecule has 16 heavy (non-hydrogen) atoms. The number of hydrogen-bond donors (Lipinski definition) is 0. The average molecular weight is 233 g/mol. The van der Waals surface area contributed by atoms with Gasteiger partial charge in [-0.3, -0.25) is 0 Å². The van der Waals surface area contributed by atoms with Crippen molar-refractivity contribution < 1.29 is 9.79 Å². The van der Waals surface area contributed by atoms with Crippen molar-refractivity contribution in [3.63, 3.8) is 0 Å². The molecule has 0 aromatic heterocycles. The van der Waals surface area contributed by atoms with Crippen molar-refractivity contribution in [2.75, 3.05) is 0 Å². The highest BCUT2D eigenvalue weighted by Gasteiger charge is 2.13. The van der Waals surface area contributed by atoms with Gasteiger partial charge in [-0.2, -0.15) is 0 Å². The number of rotatable bonds is 3. The second-order valence-corrected chi connectivity index (χ2v) is 5.18. The molecule has 0 radical (unpaired) electrons. The minimum Gasteiger partial charge on any atom is -0.223 e. The Morgan fingerprint density at radius 1 is 0.875 bits per heavy atom. The maximum absolute atomic E-state index is 12.1. The van der Waals surface area contributed by atoms with Crippen LogP contribution in [0.4, 0.5) is 0 Å². The average Bonchev–Trinajstić information content (AvgIpc) is 2.40. The highest BCUT2D eigenvalue weighted by atomic mass is 32.2. The third kappa shape index (κ3) is 2.49. The van der Waals surface area contributed by atoms with Crippen LogP contribution in [0.2, 0.25) is 0 Å². The Bertz CT molecular complexity index is 579. The lowest BCUT2D eigenvalue weighted by atomic mass is 10.2. The van der Waals surface area contributed by atoms with Crippen molar-refractivity contribution >= 4 is 9.84 Å². The molecule has 0 bridgehead atoms. The Balaban J connectivity index is 2.41. The zero-order valence-electron chi connectivity index (χ0n) is 9.58. The van der Waals surface area contributed by atoms with Crippen molar-refractivity contribution in [2.24, 2.45) is 0 Å². The molecule has 0 spiro atoms. The zero-order chi connectivity index (χ0) is 12.3. The van der Waals surface area contributed by atoms with Crippen molar-refractivity contribution in [1.29, 1.82) is 0 Å². The molecule has 0 fully saturated rings. The molecule has 0 N–H and O–H groups in total. The Hall–Kier alpha value is -1.61. The van der Waals surface area contributed by atoms with E-state index in [4.69, 9.17) is 1.37 Å². The van der Waals surface area contributed by atoms with Gasteiger partial charge in [-0.05, 0) is 17.7 Å². The SMILES string of the molecule is [2H]C(c1ccccc1)S(=O)(=O)c1ccccc1. The molecule has 0 aliphatic carbocycles. The molecular weight excluding hydrogens is 220 g/mol. The van der Waals surface area contributed by atoms with E-state index in [2.05, 4.69) is 0 Å². The minimum absolute atomic E-state index is 0.184. The third-order valence-corrected chi connectivity index (χ3v) is 3.67. The lowest BCUT2D eigenvalue weighted by Crippen LogP contribution is -2.04. The first-order valence-electron chi connectivity index (χ1n) is 5.46. The van der Waals surface area contributed by atoms with Crippen LogP contribution in [0.3, 0.4) is 0 Å². The van der Waals surface area contributed by atoms with Crippen molar-refractivity contribution in [3.05, 3.63) is 66.2 Å². The maximum atomic E-state index is 12.1. The van der Waals surface area contributed by atoms with E-state index in [0.29, 0.717) is 5.56 Å². The van der Waals surface area contributed by atoms with Crippen LogP contribution in [0.5, 0.6) is 0 Å². The maximum Gasteiger partial charge on any atom is 0.182 e. The fourth-order valence-electron chi connectivity index (χ4n) is 1.39. The van der Waals surface area contributed by atoms with E-state index in [1.165, 1.54) is 12.1 Å². The molecule has 3 heteroatoms. The summed E-state index contributed by atoms with van der Waals surface area (Å²) < 4.78 is 32.2. The number of sulfone groups is 1. The van der Waals surface area contributed by atoms with E-state index in [1.54, 1.807) is 48.5 Å². The quantitative estimate of drug-likeness (QED) is 0.816. The summed E-state index contributed by atoms with van der Waals surface area (Å²) >= 11 is 0. The molecule has 2 aromatic rings. The molecule has 1 atom stereocenters. The minimum atomic E-state index is -3.63. The predicted octanol–water partition coefficient (Wildman–Crippen LogP) is 2.66. The normalized spacial score (nSPS) is 14.1. The third-order valence-electron chi connectivity index (χ3n) is 2.16. The van der Waals surface area contributed by atoms with E-state index in [9.17, 15) is 8.42 Å². The van der Waals surface area contributed by atoms with Crippen LogP contribution in [-0.4, -0.2) is 8.42 Å². The molecule has 0 amide bonds. The fraction of sp³-hybridized carbons (Fsp3) is 0.0769. The van der Waals surface area contributed by atoms with Crippen LogP contribution in [-0.2, 0) is 15.6 Å². The molecule has 1 unspecified atom stereocenters. The Kier molecular flexibility index (Phi) is 2.70. The first-order valence-corrected chi connectivity index (χ1v) is 6.43. The van der Waals surface area contributed by atoms with Crippen molar-refractivity contribution in [1.82, 2.24) is 0 Å². The van der Waals surface area contributed by atoms with Gasteiger partial charge in [-0.15, -0.1) is 0 Å². The molecule has 0 heterocycles. The van der Waals surface area contributed by atoms with E-state index >= 15 is 0 Å². The molecule has 0 saturated carbocycles. The predicted molar refractivity (Wildman–Crippen MR) is 63.8 cm³/mol. The van der Waals surface area contributed by atoms with Gasteiger partial charge in [0.05, 0.1) is 10.6 Å². The van der Waals surface area contributed by atoms with Gasteiger partial charge >= 0.3 is 0 Å².